The van der Waals surface area contributed by atoms with Crippen LogP contribution in [0.3, 0.4) is 0 Å². The smallest absolute Gasteiger partial charge is 0.137 e. The molecule has 120 valence electrons. The summed E-state index contributed by atoms with van der Waals surface area (Å²) >= 11 is 5.95. The Labute approximate surface area is 135 Å². The minimum atomic E-state index is -1.09. The molecular formula is C16H22ClN3O2. The number of nitrogens with zero attached hydrogens (tertiary/aromatic N) is 3. The Bertz CT molecular complexity index is 623. The summed E-state index contributed by atoms with van der Waals surface area (Å²) in [6.07, 6.45) is 3.04. The van der Waals surface area contributed by atoms with Crippen LogP contribution in [0.2, 0.25) is 5.02 Å². The van der Waals surface area contributed by atoms with Crippen molar-refractivity contribution in [1.29, 1.82) is 0 Å². The van der Waals surface area contributed by atoms with E-state index in [1.807, 2.05) is 39.8 Å². The highest BCUT2D eigenvalue weighted by Gasteiger charge is 2.41. The number of aryl methyl sites for hydroxylation is 1. The van der Waals surface area contributed by atoms with Crippen molar-refractivity contribution in [2.24, 2.45) is 5.41 Å². The van der Waals surface area contributed by atoms with E-state index in [0.29, 0.717) is 17.3 Å². The Kier molecular flexibility index (Phi) is 4.78. The molecule has 2 rings (SSSR count). The van der Waals surface area contributed by atoms with Gasteiger partial charge in [0.25, 0.3) is 0 Å². The van der Waals surface area contributed by atoms with Gasteiger partial charge in [0.2, 0.25) is 0 Å². The van der Waals surface area contributed by atoms with Gasteiger partial charge in [-0.2, -0.15) is 5.10 Å². The molecule has 6 heteroatoms. The van der Waals surface area contributed by atoms with Crippen LogP contribution in [-0.2, 0) is 6.54 Å². The molecule has 0 spiro atoms. The van der Waals surface area contributed by atoms with E-state index in [-0.39, 0.29) is 12.0 Å². The van der Waals surface area contributed by atoms with Crippen LogP contribution in [0.15, 0.2) is 30.9 Å². The van der Waals surface area contributed by atoms with Crippen LogP contribution >= 0.6 is 11.6 Å². The molecule has 1 unspecified atom stereocenters. The van der Waals surface area contributed by atoms with Crippen LogP contribution in [0, 0.1) is 12.3 Å². The van der Waals surface area contributed by atoms with E-state index in [9.17, 15) is 5.11 Å². The van der Waals surface area contributed by atoms with E-state index in [2.05, 4.69) is 10.1 Å². The zero-order valence-corrected chi connectivity index (χ0v) is 14.1. The van der Waals surface area contributed by atoms with E-state index < -0.39 is 5.60 Å². The van der Waals surface area contributed by atoms with Gasteiger partial charge in [-0.25, -0.2) is 9.67 Å². The van der Waals surface area contributed by atoms with Crippen molar-refractivity contribution in [3.8, 4) is 5.75 Å². The third-order valence-electron chi connectivity index (χ3n) is 3.89. The number of aliphatic hydroxyl groups is 1. The van der Waals surface area contributed by atoms with E-state index in [1.54, 1.807) is 17.1 Å². The van der Waals surface area contributed by atoms with Gasteiger partial charge < -0.3 is 9.84 Å². The van der Waals surface area contributed by atoms with Crippen LogP contribution in [0.1, 0.15) is 26.3 Å². The molecule has 0 saturated heterocycles. The number of halogens is 1. The molecule has 2 aromatic rings. The number of hydrogen-bond donors (Lipinski definition) is 1. The normalized spacial score (nSPS) is 14.6. The lowest BCUT2D eigenvalue weighted by molar-refractivity contribution is -0.101. The minimum absolute atomic E-state index is 0.152. The number of aromatic nitrogens is 3. The molecule has 0 aliphatic carbocycles. The summed E-state index contributed by atoms with van der Waals surface area (Å²) in [6, 6.07) is 5.43. The van der Waals surface area contributed by atoms with Crippen molar-refractivity contribution < 1.29 is 9.84 Å². The quantitative estimate of drug-likeness (QED) is 0.918. The first-order chi connectivity index (χ1) is 10.2. The molecule has 1 N–H and O–H groups in total. The van der Waals surface area contributed by atoms with Gasteiger partial charge >= 0.3 is 0 Å². The lowest BCUT2D eigenvalue weighted by Gasteiger charge is -2.39. The maximum atomic E-state index is 11.1. The first kappa shape index (κ1) is 16.8. The Balaban J connectivity index is 2.16. The van der Waals surface area contributed by atoms with Crippen molar-refractivity contribution in [1.82, 2.24) is 14.8 Å². The van der Waals surface area contributed by atoms with Gasteiger partial charge in [-0.1, -0.05) is 32.4 Å². The summed E-state index contributed by atoms with van der Waals surface area (Å²) in [5, 5.41) is 15.8. The number of ether oxygens (including phenoxy) is 1. The van der Waals surface area contributed by atoms with Gasteiger partial charge in [0.05, 0.1) is 6.54 Å². The third kappa shape index (κ3) is 3.78. The molecule has 0 aliphatic rings. The van der Waals surface area contributed by atoms with E-state index in [4.69, 9.17) is 16.3 Å². The highest BCUT2D eigenvalue weighted by atomic mass is 35.5. The number of benzene rings is 1. The highest BCUT2D eigenvalue weighted by molar-refractivity contribution is 6.30. The van der Waals surface area contributed by atoms with Crippen molar-refractivity contribution in [3.63, 3.8) is 0 Å². The van der Waals surface area contributed by atoms with Crippen LogP contribution in [0.5, 0.6) is 5.75 Å². The van der Waals surface area contributed by atoms with Gasteiger partial charge in [0, 0.05) is 5.02 Å². The monoisotopic (exact) mass is 323 g/mol. The second-order valence-electron chi connectivity index (χ2n) is 6.57. The van der Waals surface area contributed by atoms with Crippen LogP contribution in [0.4, 0.5) is 0 Å². The molecule has 0 amide bonds. The molecule has 1 heterocycles. The van der Waals surface area contributed by atoms with Crippen molar-refractivity contribution in [3.05, 3.63) is 41.4 Å². The van der Waals surface area contributed by atoms with Crippen LogP contribution in [-0.4, -0.2) is 32.1 Å². The average Bonchev–Trinajstić information content (AvgIpc) is 2.89. The number of hydrogen-bond acceptors (Lipinski definition) is 4. The summed E-state index contributed by atoms with van der Waals surface area (Å²) in [5.74, 6) is 0.714. The predicted molar refractivity (Wildman–Crippen MR) is 86.1 cm³/mol. The van der Waals surface area contributed by atoms with Crippen LogP contribution in [0.25, 0.3) is 0 Å². The van der Waals surface area contributed by atoms with Gasteiger partial charge in [0.1, 0.15) is 30.6 Å². The molecule has 0 radical (unpaired) electrons. The van der Waals surface area contributed by atoms with Crippen molar-refractivity contribution in [2.75, 3.05) is 6.61 Å². The third-order valence-corrected chi connectivity index (χ3v) is 4.12. The zero-order valence-electron chi connectivity index (χ0n) is 13.4. The van der Waals surface area contributed by atoms with Crippen molar-refractivity contribution >= 4 is 11.6 Å². The van der Waals surface area contributed by atoms with E-state index in [0.717, 1.165) is 5.56 Å². The molecule has 1 atom stereocenters. The Morgan fingerprint density at radius 2 is 2.05 bits per heavy atom. The summed E-state index contributed by atoms with van der Waals surface area (Å²) in [6.45, 7) is 8.31. The largest absolute Gasteiger partial charge is 0.490 e. The molecule has 0 bridgehead atoms. The van der Waals surface area contributed by atoms with E-state index >= 15 is 0 Å². The minimum Gasteiger partial charge on any atom is -0.490 e. The van der Waals surface area contributed by atoms with Gasteiger partial charge in [-0.3, -0.25) is 0 Å². The molecular weight excluding hydrogens is 302 g/mol. The SMILES string of the molecule is Cc1cc(Cl)ccc1OCC(O)(Cn1cncn1)C(C)(C)C. The summed E-state index contributed by atoms with van der Waals surface area (Å²) in [4.78, 5) is 3.92. The lowest BCUT2D eigenvalue weighted by Crippen LogP contribution is -2.51. The molecule has 5 nitrogen and oxygen atoms in total. The number of rotatable bonds is 5. The standard InChI is InChI=1S/C16H22ClN3O2/c1-12-7-13(17)5-6-14(12)22-9-16(21,15(2,3)4)8-20-11-18-10-19-20/h5-7,10-11,21H,8-9H2,1-4H3. The Morgan fingerprint density at radius 3 is 2.59 bits per heavy atom. The zero-order chi connectivity index (χ0) is 16.4. The van der Waals surface area contributed by atoms with Crippen molar-refractivity contribution in [2.45, 2.75) is 39.8 Å². The second-order valence-corrected chi connectivity index (χ2v) is 7.01. The van der Waals surface area contributed by atoms with Gasteiger partial charge in [-0.15, -0.1) is 0 Å². The summed E-state index contributed by atoms with van der Waals surface area (Å²) < 4.78 is 7.48. The van der Waals surface area contributed by atoms with Crippen LogP contribution < -0.4 is 4.74 Å². The van der Waals surface area contributed by atoms with E-state index in [1.165, 1.54) is 6.33 Å². The molecule has 0 fully saturated rings. The maximum absolute atomic E-state index is 11.1. The summed E-state index contributed by atoms with van der Waals surface area (Å²) in [7, 11) is 0. The molecule has 22 heavy (non-hydrogen) atoms. The lowest BCUT2D eigenvalue weighted by atomic mass is 9.77. The van der Waals surface area contributed by atoms with Gasteiger partial charge in [0.15, 0.2) is 0 Å². The second kappa shape index (κ2) is 6.26. The molecule has 0 saturated carbocycles. The molecule has 1 aromatic heterocycles. The molecule has 1 aromatic carbocycles. The topological polar surface area (TPSA) is 60.2 Å². The fraction of sp³-hybridized carbons (Fsp3) is 0.500. The fourth-order valence-corrected chi connectivity index (χ4v) is 2.28. The fourth-order valence-electron chi connectivity index (χ4n) is 2.05. The Morgan fingerprint density at radius 1 is 1.32 bits per heavy atom. The maximum Gasteiger partial charge on any atom is 0.137 e. The Hall–Kier alpha value is -1.59. The predicted octanol–water partition coefficient (Wildman–Crippen LogP) is 3.10. The molecule has 0 aliphatic heterocycles. The summed E-state index contributed by atoms with van der Waals surface area (Å²) in [5.41, 5.74) is -0.545. The first-order valence-corrected chi connectivity index (χ1v) is 7.53. The first-order valence-electron chi connectivity index (χ1n) is 7.15. The highest BCUT2D eigenvalue weighted by Crippen LogP contribution is 2.33. The average molecular weight is 324 g/mol. The van der Waals surface area contributed by atoms with Gasteiger partial charge in [-0.05, 0) is 36.1 Å².